The first kappa shape index (κ1) is 22.4. The predicted molar refractivity (Wildman–Crippen MR) is 110 cm³/mol. The molecule has 2 aromatic rings. The van der Waals surface area contributed by atoms with Crippen molar-refractivity contribution in [2.24, 2.45) is 11.1 Å². The lowest BCUT2D eigenvalue weighted by molar-refractivity contribution is 0.141. The van der Waals surface area contributed by atoms with Crippen LogP contribution in [0.4, 0.5) is 0 Å². The first-order chi connectivity index (χ1) is 13.0. The van der Waals surface area contributed by atoms with Crippen LogP contribution < -0.4 is 0 Å². The lowest BCUT2D eigenvalue weighted by Crippen LogP contribution is -2.10. The summed E-state index contributed by atoms with van der Waals surface area (Å²) in [6, 6.07) is 11.7. The van der Waals surface area contributed by atoms with E-state index in [1.165, 1.54) is 0 Å². The van der Waals surface area contributed by atoms with Crippen LogP contribution >= 0.6 is 0 Å². The molecule has 0 spiro atoms. The highest BCUT2D eigenvalue weighted by Gasteiger charge is 2.08. The number of aliphatic hydroxyl groups excluding tert-OH is 1. The molecule has 2 rings (SSSR count). The fourth-order valence-corrected chi connectivity index (χ4v) is 2.32. The Hall–Kier alpha value is -2.60. The van der Waals surface area contributed by atoms with Gasteiger partial charge in [-0.15, -0.1) is 0 Å². The summed E-state index contributed by atoms with van der Waals surface area (Å²) in [4.78, 5) is 14.4. The first-order valence-electron chi connectivity index (χ1n) is 9.07. The minimum atomic E-state index is 0.179. The van der Waals surface area contributed by atoms with Gasteiger partial charge >= 0.3 is 0 Å². The predicted octanol–water partition coefficient (Wildman–Crippen LogP) is 3.79. The third-order valence-corrected chi connectivity index (χ3v) is 3.79. The fraction of sp³-hybridized carbons (Fsp3) is 0.429. The minimum Gasteiger partial charge on any atom is -0.400 e. The maximum atomic E-state index is 8.06. The van der Waals surface area contributed by atoms with E-state index in [4.69, 9.17) is 15.4 Å². The van der Waals surface area contributed by atoms with Crippen LogP contribution in [0.15, 0.2) is 41.6 Å². The number of aromatic nitrogens is 2. The van der Waals surface area contributed by atoms with Crippen molar-refractivity contribution >= 4 is 11.4 Å². The van der Waals surface area contributed by atoms with Gasteiger partial charge in [-0.05, 0) is 56.9 Å². The van der Waals surface area contributed by atoms with Crippen molar-refractivity contribution in [3.8, 4) is 0 Å². The van der Waals surface area contributed by atoms with E-state index < -0.39 is 0 Å². The van der Waals surface area contributed by atoms with Gasteiger partial charge in [0.05, 0.1) is 17.1 Å². The maximum Gasteiger partial charge on any atom is 0.117 e. The molecule has 27 heavy (non-hydrogen) atoms. The lowest BCUT2D eigenvalue weighted by atomic mass is 10.0. The third kappa shape index (κ3) is 7.66. The van der Waals surface area contributed by atoms with Crippen LogP contribution in [0.5, 0.6) is 0 Å². The summed E-state index contributed by atoms with van der Waals surface area (Å²) in [6.45, 7) is 8.39. The second-order valence-electron chi connectivity index (χ2n) is 6.36. The van der Waals surface area contributed by atoms with Crippen LogP contribution in [0.25, 0.3) is 0 Å². The van der Waals surface area contributed by atoms with Gasteiger partial charge in [-0.2, -0.15) is 0 Å². The van der Waals surface area contributed by atoms with Gasteiger partial charge < -0.3 is 15.4 Å². The molecular formula is C21H30N4O2. The number of nitrogens with one attached hydrogen (secondary N) is 1. The van der Waals surface area contributed by atoms with Crippen molar-refractivity contribution in [1.82, 2.24) is 9.97 Å². The molecule has 6 nitrogen and oxygen atoms in total. The molecule has 0 bridgehead atoms. The second-order valence-corrected chi connectivity index (χ2v) is 6.36. The largest absolute Gasteiger partial charge is 0.400 e. The molecule has 0 amide bonds. The molecule has 2 N–H and O–H groups in total. The summed E-state index contributed by atoms with van der Waals surface area (Å²) < 4.78 is 0. The minimum absolute atomic E-state index is 0.179. The summed E-state index contributed by atoms with van der Waals surface area (Å²) in [5, 5.41) is 19.2. The number of hydrogen-bond acceptors (Lipinski definition) is 6. The molecular weight excluding hydrogens is 340 g/mol. The summed E-state index contributed by atoms with van der Waals surface area (Å²) in [6.07, 6.45) is 1.62. The molecule has 146 valence electrons. The number of aliphatic hydroxyl groups is 1. The Labute approximate surface area is 161 Å². The molecule has 0 aliphatic rings. The van der Waals surface area contributed by atoms with Gasteiger partial charge in [0.15, 0.2) is 0 Å². The molecule has 0 saturated carbocycles. The van der Waals surface area contributed by atoms with Gasteiger partial charge in [0, 0.05) is 18.5 Å². The zero-order chi connectivity index (χ0) is 20.2. The SMILES string of the molecule is C/C(=N\OCCCc1cccc(C(=N)C(C)C)n1)c1cccc(C)n1.CO. The third-order valence-electron chi connectivity index (χ3n) is 3.79. The molecule has 0 fully saturated rings. The molecule has 0 aromatic carbocycles. The van der Waals surface area contributed by atoms with Crippen molar-refractivity contribution in [2.45, 2.75) is 40.5 Å². The fourth-order valence-electron chi connectivity index (χ4n) is 2.32. The van der Waals surface area contributed by atoms with Gasteiger partial charge in [0.1, 0.15) is 12.3 Å². The van der Waals surface area contributed by atoms with E-state index in [0.29, 0.717) is 12.3 Å². The second kappa shape index (κ2) is 11.9. The average molecular weight is 370 g/mol. The van der Waals surface area contributed by atoms with Gasteiger partial charge in [-0.3, -0.25) is 9.97 Å². The molecule has 0 saturated heterocycles. The highest BCUT2D eigenvalue weighted by atomic mass is 16.6. The highest BCUT2D eigenvalue weighted by molar-refractivity contribution is 5.97. The van der Waals surface area contributed by atoms with E-state index in [1.54, 1.807) is 0 Å². The maximum absolute atomic E-state index is 8.06. The normalized spacial score (nSPS) is 11.0. The topological polar surface area (TPSA) is 91.5 Å². The van der Waals surface area contributed by atoms with Gasteiger partial charge in [0.25, 0.3) is 0 Å². The molecule has 0 aliphatic heterocycles. The summed E-state index contributed by atoms with van der Waals surface area (Å²) in [5.74, 6) is 0.179. The monoisotopic (exact) mass is 370 g/mol. The molecule has 0 unspecified atom stereocenters. The summed E-state index contributed by atoms with van der Waals surface area (Å²) in [5.41, 5.74) is 4.88. The van der Waals surface area contributed by atoms with Crippen LogP contribution in [-0.4, -0.2) is 40.2 Å². The Morgan fingerprint density at radius 2 is 1.78 bits per heavy atom. The first-order valence-corrected chi connectivity index (χ1v) is 9.07. The molecule has 6 heteroatoms. The molecule has 2 aromatic heterocycles. The van der Waals surface area contributed by atoms with Crippen molar-refractivity contribution < 1.29 is 9.94 Å². The van der Waals surface area contributed by atoms with E-state index in [1.807, 2.05) is 64.1 Å². The van der Waals surface area contributed by atoms with Crippen LogP contribution in [0.3, 0.4) is 0 Å². The zero-order valence-electron chi connectivity index (χ0n) is 16.9. The van der Waals surface area contributed by atoms with Gasteiger partial charge in [-0.1, -0.05) is 31.1 Å². The standard InChI is InChI=1S/C20H26N4O.CH4O/c1-14(2)20(21)19-12-6-9-17(23-19)10-7-13-25-24-16(4)18-11-5-8-15(3)22-18;1-2/h5-6,8-9,11-12,14,21H,7,10,13H2,1-4H3;2H,1H3/b21-20?,24-16+;. The van der Waals surface area contributed by atoms with Crippen molar-refractivity contribution in [3.05, 3.63) is 59.2 Å². The van der Waals surface area contributed by atoms with E-state index in [9.17, 15) is 0 Å². The van der Waals surface area contributed by atoms with Crippen molar-refractivity contribution in [1.29, 1.82) is 5.41 Å². The Kier molecular flexibility index (Phi) is 9.90. The highest BCUT2D eigenvalue weighted by Crippen LogP contribution is 2.08. The van der Waals surface area contributed by atoms with Crippen LogP contribution in [0.1, 0.15) is 50.0 Å². The molecule has 0 aliphatic carbocycles. The van der Waals surface area contributed by atoms with E-state index in [0.717, 1.165) is 48.4 Å². The Bertz CT molecular complexity index is 757. The average Bonchev–Trinajstić information content (AvgIpc) is 2.68. The Balaban J connectivity index is 0.00000176. The number of nitrogens with zero attached hydrogens (tertiary/aromatic N) is 3. The number of aryl methyl sites for hydroxylation is 2. The molecule has 0 radical (unpaired) electrons. The summed E-state index contributed by atoms with van der Waals surface area (Å²) >= 11 is 0. The quantitative estimate of drug-likeness (QED) is 0.420. The van der Waals surface area contributed by atoms with Crippen molar-refractivity contribution in [2.75, 3.05) is 13.7 Å². The summed E-state index contributed by atoms with van der Waals surface area (Å²) in [7, 11) is 1.00. The van der Waals surface area contributed by atoms with Gasteiger partial charge in [-0.25, -0.2) is 0 Å². The number of rotatable bonds is 8. The Morgan fingerprint density at radius 1 is 1.11 bits per heavy atom. The smallest absolute Gasteiger partial charge is 0.117 e. The van der Waals surface area contributed by atoms with Gasteiger partial charge in [0.2, 0.25) is 0 Å². The van der Waals surface area contributed by atoms with E-state index in [-0.39, 0.29) is 5.92 Å². The Morgan fingerprint density at radius 3 is 2.44 bits per heavy atom. The molecule has 2 heterocycles. The van der Waals surface area contributed by atoms with Crippen LogP contribution in [0, 0.1) is 18.3 Å². The van der Waals surface area contributed by atoms with E-state index >= 15 is 0 Å². The zero-order valence-corrected chi connectivity index (χ0v) is 16.9. The number of hydrogen-bond donors (Lipinski definition) is 2. The number of pyridine rings is 2. The van der Waals surface area contributed by atoms with Crippen molar-refractivity contribution in [3.63, 3.8) is 0 Å². The van der Waals surface area contributed by atoms with E-state index in [2.05, 4.69) is 15.1 Å². The van der Waals surface area contributed by atoms with Crippen LogP contribution in [0.2, 0.25) is 0 Å². The molecule has 0 atom stereocenters. The number of oxime groups is 1. The van der Waals surface area contributed by atoms with Crippen LogP contribution in [-0.2, 0) is 11.3 Å². The lowest BCUT2D eigenvalue weighted by Gasteiger charge is -2.08.